The molecule has 6 atom stereocenters. The van der Waals surface area contributed by atoms with Crippen LogP contribution in [-0.2, 0) is 0 Å². The van der Waals surface area contributed by atoms with Crippen molar-refractivity contribution in [2.75, 3.05) is 0 Å². The van der Waals surface area contributed by atoms with Gasteiger partial charge in [0.15, 0.2) is 0 Å². The van der Waals surface area contributed by atoms with Crippen molar-refractivity contribution in [3.05, 3.63) is 35.9 Å². The number of nitrogens with zero attached hydrogens (tertiary/aromatic N) is 2. The number of allylic oxidation sites excluding steroid dienone is 3. The second-order valence-corrected chi connectivity index (χ2v) is 9.97. The largest absolute Gasteiger partial charge is 0.327 e. The van der Waals surface area contributed by atoms with Crippen LogP contribution in [-0.4, -0.2) is 15.6 Å². The van der Waals surface area contributed by atoms with Crippen LogP contribution in [0.15, 0.2) is 30.2 Å². The fourth-order valence-electron chi connectivity index (χ4n) is 7.19. The molecule has 0 radical (unpaired) electrons. The van der Waals surface area contributed by atoms with E-state index in [1.54, 1.807) is 5.57 Å². The maximum atomic E-state index is 6.30. The minimum absolute atomic E-state index is 0.307. The summed E-state index contributed by atoms with van der Waals surface area (Å²) in [5.74, 6) is 2.46. The highest BCUT2D eigenvalue weighted by Gasteiger charge is 2.56. The molecule has 0 aliphatic heterocycles. The van der Waals surface area contributed by atoms with Gasteiger partial charge in [-0.3, -0.25) is 0 Å². The third-order valence-electron chi connectivity index (χ3n) is 8.67. The third kappa shape index (κ3) is 2.19. The van der Waals surface area contributed by atoms with E-state index < -0.39 is 0 Å². The monoisotopic (exact) mass is 351 g/mol. The number of aromatic nitrogens is 2. The highest BCUT2D eigenvalue weighted by molar-refractivity contribution is 5.57. The van der Waals surface area contributed by atoms with Gasteiger partial charge in [-0.2, -0.15) is 0 Å². The number of aryl methyl sites for hydroxylation is 1. The number of hydrogen-bond donors (Lipinski definition) is 1. The molecule has 3 unspecified atom stereocenters. The Kier molecular flexibility index (Phi) is 3.60. The zero-order valence-electron chi connectivity index (χ0n) is 16.5. The van der Waals surface area contributed by atoms with Gasteiger partial charge in [0.2, 0.25) is 0 Å². The molecule has 3 heteroatoms. The SMILES string of the molecule is Cc1cn(C2=CCC3C4CC=C5C[C@@H](N)CC[C@]5(C)C4CC[C@]23C)cn1. The van der Waals surface area contributed by atoms with E-state index in [1.807, 2.05) is 6.33 Å². The van der Waals surface area contributed by atoms with E-state index in [1.165, 1.54) is 44.2 Å². The number of hydrogen-bond acceptors (Lipinski definition) is 2. The smallest absolute Gasteiger partial charge is 0.0992 e. The first-order valence-corrected chi connectivity index (χ1v) is 10.6. The molecule has 2 fully saturated rings. The van der Waals surface area contributed by atoms with Crippen molar-refractivity contribution in [3.63, 3.8) is 0 Å². The summed E-state index contributed by atoms with van der Waals surface area (Å²) < 4.78 is 2.31. The number of imidazole rings is 1. The molecule has 4 aliphatic carbocycles. The lowest BCUT2D eigenvalue weighted by Crippen LogP contribution is -2.50. The van der Waals surface area contributed by atoms with Crippen molar-refractivity contribution >= 4 is 5.70 Å². The molecule has 1 aromatic rings. The van der Waals surface area contributed by atoms with E-state index in [0.717, 1.165) is 29.9 Å². The summed E-state index contributed by atoms with van der Waals surface area (Å²) in [6.45, 7) is 7.18. The van der Waals surface area contributed by atoms with Crippen LogP contribution in [0.4, 0.5) is 0 Å². The highest BCUT2D eigenvalue weighted by atomic mass is 15.1. The van der Waals surface area contributed by atoms with E-state index in [9.17, 15) is 0 Å². The molecule has 4 aliphatic rings. The average molecular weight is 352 g/mol. The Labute approximate surface area is 157 Å². The van der Waals surface area contributed by atoms with Crippen molar-refractivity contribution in [3.8, 4) is 0 Å². The van der Waals surface area contributed by atoms with Gasteiger partial charge in [-0.15, -0.1) is 0 Å². The summed E-state index contributed by atoms with van der Waals surface area (Å²) in [6.07, 6.45) is 18.2. The summed E-state index contributed by atoms with van der Waals surface area (Å²) in [6, 6.07) is 0.393. The first-order valence-electron chi connectivity index (χ1n) is 10.6. The molecule has 2 N–H and O–H groups in total. The van der Waals surface area contributed by atoms with Crippen molar-refractivity contribution in [1.29, 1.82) is 0 Å². The molecule has 0 saturated heterocycles. The fourth-order valence-corrected chi connectivity index (χ4v) is 7.19. The zero-order chi connectivity index (χ0) is 18.1. The second-order valence-electron chi connectivity index (χ2n) is 9.97. The topological polar surface area (TPSA) is 43.8 Å². The normalized spacial score (nSPS) is 44.6. The molecule has 2 saturated carbocycles. The summed E-state index contributed by atoms with van der Waals surface area (Å²) in [5, 5.41) is 0. The molecule has 3 nitrogen and oxygen atoms in total. The van der Waals surface area contributed by atoms with E-state index >= 15 is 0 Å². The van der Waals surface area contributed by atoms with Crippen LogP contribution in [0, 0.1) is 35.5 Å². The molecule has 1 aromatic heterocycles. The molecule has 0 aromatic carbocycles. The molecule has 0 amide bonds. The van der Waals surface area contributed by atoms with Crippen LogP contribution >= 0.6 is 0 Å². The Hall–Kier alpha value is -1.35. The minimum Gasteiger partial charge on any atom is -0.327 e. The summed E-state index contributed by atoms with van der Waals surface area (Å²) in [5.41, 5.74) is 11.3. The molecule has 1 heterocycles. The maximum Gasteiger partial charge on any atom is 0.0992 e. The second kappa shape index (κ2) is 5.58. The first kappa shape index (κ1) is 16.8. The molecule has 0 spiro atoms. The predicted molar refractivity (Wildman–Crippen MR) is 106 cm³/mol. The summed E-state index contributed by atoms with van der Waals surface area (Å²) >= 11 is 0. The van der Waals surface area contributed by atoms with Crippen molar-refractivity contribution in [2.45, 2.75) is 71.8 Å². The van der Waals surface area contributed by atoms with E-state index in [-0.39, 0.29) is 0 Å². The van der Waals surface area contributed by atoms with Crippen LogP contribution in [0.2, 0.25) is 0 Å². The molecular formula is C23H33N3. The van der Waals surface area contributed by atoms with Crippen LogP contribution < -0.4 is 5.73 Å². The number of nitrogens with two attached hydrogens (primary N) is 1. The van der Waals surface area contributed by atoms with Gasteiger partial charge in [0, 0.05) is 23.4 Å². The van der Waals surface area contributed by atoms with Gasteiger partial charge in [0.05, 0.1) is 12.0 Å². The van der Waals surface area contributed by atoms with E-state index in [0.29, 0.717) is 16.9 Å². The fraction of sp³-hybridized carbons (Fsp3) is 0.696. The lowest BCUT2D eigenvalue weighted by molar-refractivity contribution is -0.0127. The van der Waals surface area contributed by atoms with Crippen molar-refractivity contribution in [1.82, 2.24) is 9.55 Å². The first-order chi connectivity index (χ1) is 12.4. The van der Waals surface area contributed by atoms with Crippen LogP contribution in [0.25, 0.3) is 5.70 Å². The van der Waals surface area contributed by atoms with Gasteiger partial charge in [0.1, 0.15) is 0 Å². The van der Waals surface area contributed by atoms with E-state index in [2.05, 4.69) is 48.7 Å². The van der Waals surface area contributed by atoms with Gasteiger partial charge < -0.3 is 10.3 Å². The van der Waals surface area contributed by atoms with Crippen LogP contribution in [0.1, 0.15) is 64.5 Å². The molecule has 26 heavy (non-hydrogen) atoms. The Morgan fingerprint density at radius 1 is 1.08 bits per heavy atom. The highest BCUT2D eigenvalue weighted by Crippen LogP contribution is 2.65. The van der Waals surface area contributed by atoms with Crippen molar-refractivity contribution in [2.24, 2.45) is 34.3 Å². The van der Waals surface area contributed by atoms with Gasteiger partial charge in [-0.1, -0.05) is 31.6 Å². The Morgan fingerprint density at radius 2 is 1.88 bits per heavy atom. The predicted octanol–water partition coefficient (Wildman–Crippen LogP) is 4.93. The zero-order valence-corrected chi connectivity index (χ0v) is 16.5. The molecular weight excluding hydrogens is 318 g/mol. The number of rotatable bonds is 1. The average Bonchev–Trinajstić information content (AvgIpc) is 3.18. The standard InChI is InChI=1S/C23H33N3/c1-15-13-26(14-25-15)21-7-6-19-18-5-4-16-12-17(24)8-10-22(16,2)20(18)9-11-23(19,21)3/h4,7,13-14,17-20H,5-6,8-12,24H2,1-3H3/t17-,18?,19?,20?,22-,23-/m0/s1. The molecule has 140 valence electrons. The van der Waals surface area contributed by atoms with Gasteiger partial charge in [0.25, 0.3) is 0 Å². The van der Waals surface area contributed by atoms with Crippen LogP contribution in [0.3, 0.4) is 0 Å². The van der Waals surface area contributed by atoms with Gasteiger partial charge in [-0.05, 0) is 75.0 Å². The minimum atomic E-state index is 0.307. The quantitative estimate of drug-likeness (QED) is 0.729. The molecule has 0 bridgehead atoms. The van der Waals surface area contributed by atoms with Crippen molar-refractivity contribution < 1.29 is 0 Å². The van der Waals surface area contributed by atoms with E-state index in [4.69, 9.17) is 5.73 Å². The lowest BCUT2D eigenvalue weighted by atomic mass is 9.47. The Morgan fingerprint density at radius 3 is 2.65 bits per heavy atom. The number of fused-ring (bicyclic) bond motifs is 5. The van der Waals surface area contributed by atoms with Crippen LogP contribution in [0.5, 0.6) is 0 Å². The summed E-state index contributed by atoms with van der Waals surface area (Å²) in [4.78, 5) is 4.48. The van der Waals surface area contributed by atoms with Gasteiger partial charge in [-0.25, -0.2) is 4.98 Å². The lowest BCUT2D eigenvalue weighted by Gasteiger charge is -2.57. The molecule has 5 rings (SSSR count). The maximum absolute atomic E-state index is 6.30. The Balaban J connectivity index is 1.47. The van der Waals surface area contributed by atoms with Gasteiger partial charge >= 0.3 is 0 Å². The summed E-state index contributed by atoms with van der Waals surface area (Å²) in [7, 11) is 0. The third-order valence-corrected chi connectivity index (χ3v) is 8.67. The Bertz CT molecular complexity index is 787.